The van der Waals surface area contributed by atoms with Crippen molar-refractivity contribution in [1.29, 1.82) is 0 Å². The Bertz CT molecular complexity index is 996. The molecule has 0 saturated carbocycles. The topological polar surface area (TPSA) is 98.8 Å². The minimum atomic E-state index is -0.892. The van der Waals surface area contributed by atoms with Gasteiger partial charge in [0.25, 0.3) is 11.8 Å². The number of anilines is 1. The van der Waals surface area contributed by atoms with Gasteiger partial charge < -0.3 is 10.6 Å². The lowest BCUT2D eigenvalue weighted by Gasteiger charge is -2.33. The molecule has 0 aliphatic carbocycles. The fourth-order valence-corrected chi connectivity index (χ4v) is 4.16. The van der Waals surface area contributed by atoms with Crippen LogP contribution >= 0.6 is 0 Å². The number of imide groups is 1. The van der Waals surface area contributed by atoms with E-state index in [1.54, 1.807) is 31.2 Å². The zero-order chi connectivity index (χ0) is 22.7. The second kappa shape index (κ2) is 9.32. The number of para-hydroxylation sites is 1. The van der Waals surface area contributed by atoms with E-state index in [1.807, 2.05) is 30.3 Å². The predicted molar refractivity (Wildman–Crippen MR) is 119 cm³/mol. The van der Waals surface area contributed by atoms with Gasteiger partial charge in [0.15, 0.2) is 0 Å². The molecule has 2 heterocycles. The van der Waals surface area contributed by atoms with Gasteiger partial charge in [-0.2, -0.15) is 0 Å². The van der Waals surface area contributed by atoms with Gasteiger partial charge >= 0.3 is 0 Å². The minimum absolute atomic E-state index is 0.0615. The number of amides is 4. The molecule has 1 unspecified atom stereocenters. The quantitative estimate of drug-likeness (QED) is 0.677. The van der Waals surface area contributed by atoms with Crippen LogP contribution in [0.1, 0.15) is 40.5 Å². The number of nitrogens with zero attached hydrogens (tertiary/aromatic N) is 2. The molecule has 0 bridgehead atoms. The van der Waals surface area contributed by atoms with Crippen molar-refractivity contribution in [1.82, 2.24) is 15.1 Å². The normalized spacial score (nSPS) is 17.7. The number of nitrogens with one attached hydrogen (secondary N) is 2. The fraction of sp³-hybridized carbons (Fsp3) is 0.333. The van der Waals surface area contributed by atoms with Gasteiger partial charge in [0, 0.05) is 24.8 Å². The predicted octanol–water partition coefficient (Wildman–Crippen LogP) is 1.89. The summed E-state index contributed by atoms with van der Waals surface area (Å²) in [7, 11) is 0. The molecule has 2 N–H and O–H groups in total. The number of rotatable bonds is 6. The summed E-state index contributed by atoms with van der Waals surface area (Å²) in [6.45, 7) is 3.21. The van der Waals surface area contributed by atoms with Gasteiger partial charge in [-0.25, -0.2) is 0 Å². The molecule has 8 heteroatoms. The lowest BCUT2D eigenvalue weighted by molar-refractivity contribution is -0.125. The Morgan fingerprint density at radius 2 is 1.50 bits per heavy atom. The smallest absolute Gasteiger partial charge is 0.262 e. The first-order chi connectivity index (χ1) is 15.4. The van der Waals surface area contributed by atoms with E-state index in [9.17, 15) is 19.2 Å². The number of benzene rings is 2. The molecule has 8 nitrogen and oxygen atoms in total. The summed E-state index contributed by atoms with van der Waals surface area (Å²) in [5, 5.41) is 5.84. The van der Waals surface area contributed by atoms with Crippen LogP contribution in [-0.2, 0) is 9.59 Å². The van der Waals surface area contributed by atoms with Gasteiger partial charge in [-0.3, -0.25) is 29.0 Å². The third-order valence-corrected chi connectivity index (χ3v) is 5.95. The van der Waals surface area contributed by atoms with Gasteiger partial charge in [-0.15, -0.1) is 0 Å². The van der Waals surface area contributed by atoms with Crippen LogP contribution in [0.3, 0.4) is 0 Å². The summed E-state index contributed by atoms with van der Waals surface area (Å²) in [5.74, 6) is -1.29. The zero-order valence-corrected chi connectivity index (χ0v) is 17.9. The van der Waals surface area contributed by atoms with Crippen LogP contribution in [0.15, 0.2) is 54.6 Å². The molecule has 32 heavy (non-hydrogen) atoms. The fourth-order valence-electron chi connectivity index (χ4n) is 4.16. The standard InChI is InChI=1S/C24H26N4O4/c1-16(28-23(31)19-9-5-6-10-20(19)24(28)32)22(30)26-18-11-13-27(14-12-18)15-21(29)25-17-7-3-2-4-8-17/h2-10,16,18H,11-15H2,1H3,(H,25,29)(H,26,30). The molecule has 2 aliphatic rings. The van der Waals surface area contributed by atoms with E-state index in [0.29, 0.717) is 43.6 Å². The molecular weight excluding hydrogens is 408 g/mol. The first-order valence-electron chi connectivity index (χ1n) is 10.8. The Morgan fingerprint density at radius 3 is 2.09 bits per heavy atom. The van der Waals surface area contributed by atoms with Crippen LogP contribution in [0.25, 0.3) is 0 Å². The first-order valence-corrected chi connectivity index (χ1v) is 10.8. The van der Waals surface area contributed by atoms with Crippen molar-refractivity contribution in [2.45, 2.75) is 31.8 Å². The molecule has 1 saturated heterocycles. The van der Waals surface area contributed by atoms with E-state index >= 15 is 0 Å². The molecule has 0 radical (unpaired) electrons. The highest BCUT2D eigenvalue weighted by Gasteiger charge is 2.41. The summed E-state index contributed by atoms with van der Waals surface area (Å²) in [5.41, 5.74) is 1.43. The largest absolute Gasteiger partial charge is 0.351 e. The number of carbonyl (C=O) groups is 4. The van der Waals surface area contributed by atoms with E-state index in [4.69, 9.17) is 0 Å². The van der Waals surface area contributed by atoms with Crippen molar-refractivity contribution in [3.05, 3.63) is 65.7 Å². The highest BCUT2D eigenvalue weighted by Crippen LogP contribution is 2.24. The van der Waals surface area contributed by atoms with Crippen LogP contribution in [0.5, 0.6) is 0 Å². The number of carbonyl (C=O) groups excluding carboxylic acids is 4. The van der Waals surface area contributed by atoms with Crippen molar-refractivity contribution in [2.24, 2.45) is 0 Å². The van der Waals surface area contributed by atoms with Gasteiger partial charge in [0.2, 0.25) is 11.8 Å². The summed E-state index contributed by atoms with van der Waals surface area (Å²) in [6, 6.07) is 15.0. The van der Waals surface area contributed by atoms with Crippen LogP contribution in [0.4, 0.5) is 5.69 Å². The Hall–Kier alpha value is -3.52. The molecule has 2 aromatic carbocycles. The third-order valence-electron chi connectivity index (χ3n) is 5.95. The molecule has 0 spiro atoms. The minimum Gasteiger partial charge on any atom is -0.351 e. The summed E-state index contributed by atoms with van der Waals surface area (Å²) in [4.78, 5) is 53.3. The van der Waals surface area contributed by atoms with Crippen LogP contribution in [-0.4, -0.2) is 65.1 Å². The number of piperidine rings is 1. The molecule has 2 aliphatic heterocycles. The number of fused-ring (bicyclic) bond motifs is 1. The maximum atomic E-state index is 12.8. The Kier molecular flexibility index (Phi) is 6.32. The van der Waals surface area contributed by atoms with E-state index in [0.717, 1.165) is 10.6 Å². The molecule has 4 amide bonds. The molecular formula is C24H26N4O4. The monoisotopic (exact) mass is 434 g/mol. The maximum Gasteiger partial charge on any atom is 0.262 e. The molecule has 0 aromatic heterocycles. The average Bonchev–Trinajstić information content (AvgIpc) is 3.05. The second-order valence-electron chi connectivity index (χ2n) is 8.18. The molecule has 166 valence electrons. The molecule has 1 fully saturated rings. The highest BCUT2D eigenvalue weighted by atomic mass is 16.2. The Labute approximate surface area is 186 Å². The molecule has 2 aromatic rings. The number of hydrogen-bond acceptors (Lipinski definition) is 5. The molecule has 1 atom stereocenters. The maximum absolute atomic E-state index is 12.8. The van der Waals surface area contributed by atoms with Crippen molar-refractivity contribution >= 4 is 29.3 Å². The third kappa shape index (κ3) is 4.55. The number of likely N-dealkylation sites (tertiary alicyclic amines) is 1. The lowest BCUT2D eigenvalue weighted by atomic mass is 10.0. The summed E-state index contributed by atoms with van der Waals surface area (Å²) in [6.07, 6.45) is 1.39. The second-order valence-corrected chi connectivity index (χ2v) is 8.18. The Morgan fingerprint density at radius 1 is 0.938 bits per heavy atom. The van der Waals surface area contributed by atoms with E-state index in [1.165, 1.54) is 0 Å². The van der Waals surface area contributed by atoms with Gasteiger partial charge in [-0.1, -0.05) is 30.3 Å². The van der Waals surface area contributed by atoms with Crippen molar-refractivity contribution < 1.29 is 19.2 Å². The van der Waals surface area contributed by atoms with Crippen molar-refractivity contribution in [3.8, 4) is 0 Å². The van der Waals surface area contributed by atoms with E-state index in [-0.39, 0.29) is 17.9 Å². The SMILES string of the molecule is CC(C(=O)NC1CCN(CC(=O)Nc2ccccc2)CC1)N1C(=O)c2ccccc2C1=O. The number of hydrogen-bond donors (Lipinski definition) is 2. The summed E-state index contributed by atoms with van der Waals surface area (Å²) < 4.78 is 0. The van der Waals surface area contributed by atoms with E-state index in [2.05, 4.69) is 15.5 Å². The van der Waals surface area contributed by atoms with Crippen molar-refractivity contribution in [2.75, 3.05) is 25.0 Å². The average molecular weight is 434 g/mol. The van der Waals surface area contributed by atoms with Crippen LogP contribution < -0.4 is 10.6 Å². The van der Waals surface area contributed by atoms with Gasteiger partial charge in [-0.05, 0) is 44.0 Å². The van der Waals surface area contributed by atoms with Crippen LogP contribution in [0.2, 0.25) is 0 Å². The van der Waals surface area contributed by atoms with E-state index < -0.39 is 17.9 Å². The molecule has 4 rings (SSSR count). The van der Waals surface area contributed by atoms with Gasteiger partial charge in [0.05, 0.1) is 17.7 Å². The Balaban J connectivity index is 1.25. The van der Waals surface area contributed by atoms with Crippen LogP contribution in [0, 0.1) is 0 Å². The lowest BCUT2D eigenvalue weighted by Crippen LogP contribution is -2.53. The van der Waals surface area contributed by atoms with Crippen molar-refractivity contribution in [3.63, 3.8) is 0 Å². The first kappa shape index (κ1) is 21.7. The summed E-state index contributed by atoms with van der Waals surface area (Å²) >= 11 is 0. The zero-order valence-electron chi connectivity index (χ0n) is 17.9. The van der Waals surface area contributed by atoms with Gasteiger partial charge in [0.1, 0.15) is 6.04 Å². The highest BCUT2D eigenvalue weighted by molar-refractivity contribution is 6.22.